The summed E-state index contributed by atoms with van der Waals surface area (Å²) in [6, 6.07) is 15.3. The zero-order valence-corrected chi connectivity index (χ0v) is 18.4. The van der Waals surface area contributed by atoms with Gasteiger partial charge >= 0.3 is 5.97 Å². The van der Waals surface area contributed by atoms with Gasteiger partial charge in [-0.15, -0.1) is 0 Å². The maximum absolute atomic E-state index is 12.5. The number of nitrogens with zero attached hydrogens (tertiary/aromatic N) is 2. The third-order valence-corrected chi connectivity index (χ3v) is 5.81. The molecule has 156 valence electrons. The molecule has 0 aliphatic heterocycles. The van der Waals surface area contributed by atoms with Crippen molar-refractivity contribution < 1.29 is 19.1 Å². The molecular formula is C22H21ClN2O4S. The Morgan fingerprint density at radius 2 is 1.87 bits per heavy atom. The molecular weight excluding hydrogens is 424 g/mol. The molecule has 0 aliphatic rings. The number of hydrogen-bond acceptors (Lipinski definition) is 6. The minimum atomic E-state index is -0.443. The summed E-state index contributed by atoms with van der Waals surface area (Å²) in [5.41, 5.74) is 2.52. The molecule has 0 spiro atoms. The van der Waals surface area contributed by atoms with Crippen molar-refractivity contribution in [3.8, 4) is 16.9 Å². The summed E-state index contributed by atoms with van der Waals surface area (Å²) in [5.74, 6) is -0.343. The summed E-state index contributed by atoms with van der Waals surface area (Å²) in [6.45, 7) is 3.50. The smallest absolute Gasteiger partial charge is 0.350 e. The molecule has 6 nitrogen and oxygen atoms in total. The van der Waals surface area contributed by atoms with Crippen LogP contribution < -0.4 is 9.64 Å². The van der Waals surface area contributed by atoms with Crippen molar-refractivity contribution in [2.75, 3.05) is 25.2 Å². The van der Waals surface area contributed by atoms with E-state index in [0.717, 1.165) is 22.5 Å². The third-order valence-electron chi connectivity index (χ3n) is 4.30. The summed E-state index contributed by atoms with van der Waals surface area (Å²) in [5, 5.41) is 0.816. The molecule has 0 atom stereocenters. The number of benzene rings is 2. The normalized spacial score (nSPS) is 10.5. The number of ether oxygens (including phenoxy) is 2. The summed E-state index contributed by atoms with van der Waals surface area (Å²) in [7, 11) is 1.58. The average Bonchev–Trinajstić information content (AvgIpc) is 3.14. The highest BCUT2D eigenvalue weighted by Gasteiger charge is 2.21. The fraction of sp³-hybridized carbons (Fsp3) is 0.227. The second-order valence-electron chi connectivity index (χ2n) is 6.38. The molecule has 0 bridgehead atoms. The van der Waals surface area contributed by atoms with E-state index in [-0.39, 0.29) is 19.1 Å². The Bertz CT molecular complexity index is 1050. The second kappa shape index (κ2) is 9.73. The first-order valence-electron chi connectivity index (χ1n) is 9.29. The van der Waals surface area contributed by atoms with Crippen LogP contribution in [0.3, 0.4) is 0 Å². The van der Waals surface area contributed by atoms with E-state index in [1.165, 1.54) is 4.90 Å². The first-order chi connectivity index (χ1) is 14.4. The van der Waals surface area contributed by atoms with Crippen molar-refractivity contribution in [2.24, 2.45) is 0 Å². The predicted octanol–water partition coefficient (Wildman–Crippen LogP) is 4.99. The SMILES string of the molecule is CCOC(=O)c1sc(N(C)C(=O)COc2ccc(-c3ccccc3)cc2Cl)nc1C. The van der Waals surface area contributed by atoms with Crippen LogP contribution in [-0.2, 0) is 9.53 Å². The highest BCUT2D eigenvalue weighted by molar-refractivity contribution is 7.17. The number of likely N-dealkylation sites (N-methyl/N-ethyl adjacent to an activating group) is 1. The minimum Gasteiger partial charge on any atom is -0.482 e. The van der Waals surface area contributed by atoms with E-state index in [1.807, 2.05) is 36.4 Å². The highest BCUT2D eigenvalue weighted by atomic mass is 35.5. The molecule has 1 heterocycles. The third kappa shape index (κ3) is 4.98. The number of carbonyl (C=O) groups is 2. The Morgan fingerprint density at radius 1 is 1.13 bits per heavy atom. The number of amides is 1. The molecule has 1 aromatic heterocycles. The summed E-state index contributed by atoms with van der Waals surface area (Å²) in [6.07, 6.45) is 0. The quantitative estimate of drug-likeness (QED) is 0.480. The highest BCUT2D eigenvalue weighted by Crippen LogP contribution is 2.31. The van der Waals surface area contributed by atoms with Crippen LogP contribution in [0.4, 0.5) is 5.13 Å². The van der Waals surface area contributed by atoms with Crippen molar-refractivity contribution in [1.29, 1.82) is 0 Å². The van der Waals surface area contributed by atoms with Gasteiger partial charge in [-0.25, -0.2) is 9.78 Å². The lowest BCUT2D eigenvalue weighted by Gasteiger charge is -2.15. The maximum Gasteiger partial charge on any atom is 0.350 e. The van der Waals surface area contributed by atoms with Gasteiger partial charge in [0.1, 0.15) is 10.6 Å². The molecule has 30 heavy (non-hydrogen) atoms. The van der Waals surface area contributed by atoms with Gasteiger partial charge in [-0.1, -0.05) is 59.3 Å². The standard InChI is InChI=1S/C22H21ClN2O4S/c1-4-28-21(27)20-14(2)24-22(30-20)25(3)19(26)13-29-18-11-10-16(12-17(18)23)15-8-6-5-7-9-15/h5-12H,4,13H2,1-3H3. The van der Waals surface area contributed by atoms with Gasteiger partial charge < -0.3 is 9.47 Å². The van der Waals surface area contributed by atoms with E-state index in [1.54, 1.807) is 33.0 Å². The molecule has 1 amide bonds. The van der Waals surface area contributed by atoms with Crippen LogP contribution in [0, 0.1) is 6.92 Å². The van der Waals surface area contributed by atoms with Crippen molar-refractivity contribution in [1.82, 2.24) is 4.98 Å². The Hall–Kier alpha value is -2.90. The minimum absolute atomic E-state index is 0.214. The predicted molar refractivity (Wildman–Crippen MR) is 119 cm³/mol. The molecule has 0 radical (unpaired) electrons. The van der Waals surface area contributed by atoms with E-state index >= 15 is 0 Å². The van der Waals surface area contributed by atoms with Crippen molar-refractivity contribution >= 4 is 39.9 Å². The van der Waals surface area contributed by atoms with Gasteiger partial charge in [-0.3, -0.25) is 9.69 Å². The first kappa shape index (κ1) is 21.8. The van der Waals surface area contributed by atoms with Crippen LogP contribution in [0.1, 0.15) is 22.3 Å². The Kier molecular flexibility index (Phi) is 7.07. The van der Waals surface area contributed by atoms with Crippen LogP contribution >= 0.6 is 22.9 Å². The maximum atomic E-state index is 12.5. The van der Waals surface area contributed by atoms with Crippen LogP contribution in [0.2, 0.25) is 5.02 Å². The van der Waals surface area contributed by atoms with Gasteiger partial charge in [0.15, 0.2) is 11.7 Å². The lowest BCUT2D eigenvalue weighted by Crippen LogP contribution is -2.31. The number of halogens is 1. The zero-order valence-electron chi connectivity index (χ0n) is 16.8. The van der Waals surface area contributed by atoms with Gasteiger partial charge in [-0.2, -0.15) is 0 Å². The number of rotatable bonds is 7. The van der Waals surface area contributed by atoms with E-state index in [2.05, 4.69) is 4.98 Å². The van der Waals surface area contributed by atoms with E-state index in [4.69, 9.17) is 21.1 Å². The second-order valence-corrected chi connectivity index (χ2v) is 7.77. The van der Waals surface area contributed by atoms with Gasteiger partial charge in [0, 0.05) is 7.05 Å². The number of aromatic nitrogens is 1. The van der Waals surface area contributed by atoms with E-state index in [0.29, 0.717) is 26.5 Å². The van der Waals surface area contributed by atoms with Crippen molar-refractivity contribution in [3.63, 3.8) is 0 Å². The van der Waals surface area contributed by atoms with E-state index < -0.39 is 5.97 Å². The molecule has 3 rings (SSSR count). The number of anilines is 1. The number of hydrogen-bond donors (Lipinski definition) is 0. The fourth-order valence-corrected chi connectivity index (χ4v) is 3.86. The largest absolute Gasteiger partial charge is 0.482 e. The molecule has 2 aromatic carbocycles. The van der Waals surface area contributed by atoms with Gasteiger partial charge in [-0.05, 0) is 37.1 Å². The van der Waals surface area contributed by atoms with Crippen molar-refractivity contribution in [3.05, 3.63) is 64.1 Å². The molecule has 0 aliphatic carbocycles. The van der Waals surface area contributed by atoms with Crippen LogP contribution in [0.5, 0.6) is 5.75 Å². The molecule has 8 heteroatoms. The lowest BCUT2D eigenvalue weighted by molar-refractivity contribution is -0.120. The number of thiazole rings is 1. The Morgan fingerprint density at radius 3 is 2.53 bits per heavy atom. The fourth-order valence-electron chi connectivity index (χ4n) is 2.68. The summed E-state index contributed by atoms with van der Waals surface area (Å²) < 4.78 is 10.6. The number of aryl methyl sites for hydroxylation is 1. The molecule has 0 fully saturated rings. The average molecular weight is 445 g/mol. The Labute approximate surface area is 184 Å². The lowest BCUT2D eigenvalue weighted by atomic mass is 10.1. The van der Waals surface area contributed by atoms with Crippen molar-refractivity contribution in [2.45, 2.75) is 13.8 Å². The topological polar surface area (TPSA) is 68.7 Å². The molecule has 0 saturated carbocycles. The molecule has 0 unspecified atom stereocenters. The monoisotopic (exact) mass is 444 g/mol. The van der Waals surface area contributed by atoms with Crippen LogP contribution in [-0.4, -0.2) is 37.1 Å². The molecule has 0 N–H and O–H groups in total. The molecule has 3 aromatic rings. The first-order valence-corrected chi connectivity index (χ1v) is 10.5. The Balaban J connectivity index is 1.65. The summed E-state index contributed by atoms with van der Waals surface area (Å²) in [4.78, 5) is 30.5. The number of carbonyl (C=O) groups excluding carboxylic acids is 2. The van der Waals surface area contributed by atoms with Gasteiger partial charge in [0.25, 0.3) is 5.91 Å². The summed E-state index contributed by atoms with van der Waals surface area (Å²) >= 11 is 7.44. The van der Waals surface area contributed by atoms with E-state index in [9.17, 15) is 9.59 Å². The van der Waals surface area contributed by atoms with Gasteiger partial charge in [0.05, 0.1) is 17.3 Å². The van der Waals surface area contributed by atoms with Gasteiger partial charge in [0.2, 0.25) is 0 Å². The zero-order chi connectivity index (χ0) is 21.7. The molecule has 0 saturated heterocycles. The van der Waals surface area contributed by atoms with Crippen LogP contribution in [0.15, 0.2) is 48.5 Å². The number of esters is 1. The van der Waals surface area contributed by atoms with Crippen LogP contribution in [0.25, 0.3) is 11.1 Å².